The number of nitrogens with zero attached hydrogens (tertiary/aromatic N) is 3. The highest BCUT2D eigenvalue weighted by molar-refractivity contribution is 7.80. The Morgan fingerprint density at radius 2 is 2.29 bits per heavy atom. The maximum Gasteiger partial charge on any atom is 0.358 e. The average Bonchev–Trinajstić information content (AvgIpc) is 3.18. The summed E-state index contributed by atoms with van der Waals surface area (Å²) in [5.74, 6) is -0.435. The summed E-state index contributed by atoms with van der Waals surface area (Å²) in [6.45, 7) is 0. The van der Waals surface area contributed by atoms with Gasteiger partial charge in [0, 0.05) is 12.3 Å². The zero-order chi connectivity index (χ0) is 14.8. The summed E-state index contributed by atoms with van der Waals surface area (Å²) in [5.41, 5.74) is 0.616. The topological polar surface area (TPSA) is 89.1 Å². The van der Waals surface area contributed by atoms with Gasteiger partial charge in [-0.1, -0.05) is 11.2 Å². The minimum absolute atomic E-state index is 0.168. The summed E-state index contributed by atoms with van der Waals surface area (Å²) in [6, 6.07) is 7.02. The number of carboxylic acid groups (broad SMARTS) is 1. The van der Waals surface area contributed by atoms with Crippen LogP contribution in [0.5, 0.6) is 0 Å². The molecule has 0 saturated carbocycles. The summed E-state index contributed by atoms with van der Waals surface area (Å²) >= 11 is 5.96. The van der Waals surface area contributed by atoms with Crippen LogP contribution in [0.4, 0.5) is 0 Å². The number of rotatable bonds is 4. The van der Waals surface area contributed by atoms with Crippen LogP contribution in [0.15, 0.2) is 40.4 Å². The van der Waals surface area contributed by atoms with Crippen LogP contribution in [-0.2, 0) is 0 Å². The van der Waals surface area contributed by atoms with Gasteiger partial charge < -0.3 is 9.63 Å². The molecule has 106 valence electrons. The molecule has 3 heterocycles. The van der Waals surface area contributed by atoms with Crippen molar-refractivity contribution in [2.45, 2.75) is 5.25 Å². The predicted octanol–water partition coefficient (Wildman–Crippen LogP) is 2.91. The third-order valence-electron chi connectivity index (χ3n) is 2.71. The number of hydrogen-bond acceptors (Lipinski definition) is 7. The van der Waals surface area contributed by atoms with Crippen molar-refractivity contribution in [1.82, 2.24) is 15.1 Å². The zero-order valence-electron chi connectivity index (χ0n) is 10.5. The molecule has 3 aromatic heterocycles. The molecule has 0 aliphatic carbocycles. The van der Waals surface area contributed by atoms with Gasteiger partial charge in [0.05, 0.1) is 10.6 Å². The van der Waals surface area contributed by atoms with E-state index in [0.29, 0.717) is 11.6 Å². The molecule has 1 unspecified atom stereocenters. The number of aromatic carboxylic acids is 1. The fourth-order valence-electron chi connectivity index (χ4n) is 1.71. The van der Waals surface area contributed by atoms with Crippen LogP contribution in [0.1, 0.15) is 27.3 Å². The van der Waals surface area contributed by atoms with Crippen LogP contribution in [-0.4, -0.2) is 26.2 Å². The molecule has 0 aliphatic heterocycles. The Bertz CT molecular complexity index is 771. The third-order valence-corrected chi connectivity index (χ3v) is 4.09. The predicted molar refractivity (Wildman–Crippen MR) is 79.6 cm³/mol. The summed E-state index contributed by atoms with van der Waals surface area (Å²) < 4.78 is 4.99. The molecule has 0 aromatic carbocycles. The summed E-state index contributed by atoms with van der Waals surface area (Å²) in [5, 5.41) is 13.7. The van der Waals surface area contributed by atoms with E-state index in [2.05, 4.69) is 27.8 Å². The first-order valence-electron chi connectivity index (χ1n) is 5.90. The van der Waals surface area contributed by atoms with Crippen LogP contribution < -0.4 is 0 Å². The molecule has 0 bridgehead atoms. The first-order chi connectivity index (χ1) is 10.1. The molecule has 0 saturated heterocycles. The van der Waals surface area contributed by atoms with E-state index in [9.17, 15) is 4.79 Å². The number of carboxylic acids is 1. The fourth-order valence-corrected chi connectivity index (χ4v) is 2.65. The van der Waals surface area contributed by atoms with Crippen molar-refractivity contribution in [3.8, 4) is 10.6 Å². The highest BCUT2D eigenvalue weighted by Crippen LogP contribution is 2.29. The second-order valence-corrected chi connectivity index (χ2v) is 5.56. The maximum atomic E-state index is 10.8. The molecule has 6 nitrogen and oxygen atoms in total. The van der Waals surface area contributed by atoms with Crippen LogP contribution in [0.25, 0.3) is 10.6 Å². The quantitative estimate of drug-likeness (QED) is 0.719. The largest absolute Gasteiger partial charge is 0.476 e. The Balaban J connectivity index is 1.92. The van der Waals surface area contributed by atoms with Gasteiger partial charge in [-0.3, -0.25) is 0 Å². The van der Waals surface area contributed by atoms with E-state index in [-0.39, 0.29) is 5.69 Å². The monoisotopic (exact) mass is 319 g/mol. The van der Waals surface area contributed by atoms with E-state index >= 15 is 0 Å². The first-order valence-corrected chi connectivity index (χ1v) is 7.29. The molecule has 3 rings (SSSR count). The number of aromatic nitrogens is 3. The molecule has 0 spiro atoms. The van der Waals surface area contributed by atoms with E-state index in [1.807, 2.05) is 17.5 Å². The Morgan fingerprint density at radius 3 is 2.95 bits per heavy atom. The SMILES string of the molecule is O=C(O)c1cc(C(S)c2nccc(-c3cccs3)n2)on1. The number of hydrogen-bond donors (Lipinski definition) is 2. The minimum Gasteiger partial charge on any atom is -0.476 e. The van der Waals surface area contributed by atoms with Gasteiger partial charge in [0.2, 0.25) is 0 Å². The molecule has 1 N–H and O–H groups in total. The fraction of sp³-hybridized carbons (Fsp3) is 0.0769. The van der Waals surface area contributed by atoms with Crippen LogP contribution in [0.3, 0.4) is 0 Å². The van der Waals surface area contributed by atoms with Crippen LogP contribution in [0.2, 0.25) is 0 Å². The molecule has 0 fully saturated rings. The minimum atomic E-state index is -1.15. The Morgan fingerprint density at radius 1 is 1.43 bits per heavy atom. The van der Waals surface area contributed by atoms with E-state index in [0.717, 1.165) is 10.6 Å². The van der Waals surface area contributed by atoms with Crippen molar-refractivity contribution in [2.24, 2.45) is 0 Å². The van der Waals surface area contributed by atoms with Gasteiger partial charge in [0.1, 0.15) is 11.1 Å². The lowest BCUT2D eigenvalue weighted by Gasteiger charge is -2.06. The second kappa shape index (κ2) is 5.66. The molecule has 0 radical (unpaired) electrons. The van der Waals surface area contributed by atoms with E-state index < -0.39 is 11.2 Å². The summed E-state index contributed by atoms with van der Waals surface area (Å²) in [4.78, 5) is 20.4. The van der Waals surface area contributed by atoms with Gasteiger partial charge in [0.15, 0.2) is 11.5 Å². The van der Waals surface area contributed by atoms with Crippen molar-refractivity contribution in [2.75, 3.05) is 0 Å². The zero-order valence-corrected chi connectivity index (χ0v) is 12.2. The normalized spacial score (nSPS) is 12.2. The molecule has 0 aliphatic rings. The van der Waals surface area contributed by atoms with Gasteiger partial charge in [-0.05, 0) is 17.5 Å². The van der Waals surface area contributed by atoms with Crippen molar-refractivity contribution >= 4 is 29.9 Å². The lowest BCUT2D eigenvalue weighted by atomic mass is 10.2. The van der Waals surface area contributed by atoms with Crippen molar-refractivity contribution < 1.29 is 14.4 Å². The first kappa shape index (κ1) is 13.8. The van der Waals surface area contributed by atoms with Crippen LogP contribution in [0, 0.1) is 0 Å². The average molecular weight is 319 g/mol. The second-order valence-electron chi connectivity index (χ2n) is 4.10. The highest BCUT2D eigenvalue weighted by Gasteiger charge is 2.20. The summed E-state index contributed by atoms with van der Waals surface area (Å²) in [6.07, 6.45) is 1.63. The molecular formula is C13H9N3O3S2. The van der Waals surface area contributed by atoms with E-state index in [1.165, 1.54) is 6.07 Å². The Labute approximate surface area is 128 Å². The Kier molecular flexibility index (Phi) is 3.72. The van der Waals surface area contributed by atoms with Gasteiger partial charge in [-0.15, -0.1) is 11.3 Å². The van der Waals surface area contributed by atoms with E-state index in [1.54, 1.807) is 23.6 Å². The van der Waals surface area contributed by atoms with Crippen molar-refractivity contribution in [1.29, 1.82) is 0 Å². The number of carbonyl (C=O) groups is 1. The molecule has 1 atom stereocenters. The highest BCUT2D eigenvalue weighted by atomic mass is 32.1. The molecule has 0 amide bonds. The lowest BCUT2D eigenvalue weighted by molar-refractivity contribution is 0.0685. The summed E-state index contributed by atoms with van der Waals surface area (Å²) in [7, 11) is 0. The maximum absolute atomic E-state index is 10.8. The van der Waals surface area contributed by atoms with Crippen LogP contribution >= 0.6 is 24.0 Å². The molecule has 8 heteroatoms. The van der Waals surface area contributed by atoms with Gasteiger partial charge >= 0.3 is 5.97 Å². The standard InChI is InChI=1S/C13H9N3O3S2/c17-13(18)8-6-9(19-16-8)11(20)12-14-4-3-7(15-12)10-2-1-5-21-10/h1-6,11,20H,(H,17,18). The molecular weight excluding hydrogens is 310 g/mol. The van der Waals surface area contributed by atoms with Gasteiger partial charge in [-0.25, -0.2) is 14.8 Å². The molecule has 21 heavy (non-hydrogen) atoms. The smallest absolute Gasteiger partial charge is 0.358 e. The third kappa shape index (κ3) is 2.81. The Hall–Kier alpha value is -2.19. The van der Waals surface area contributed by atoms with Gasteiger partial charge in [-0.2, -0.15) is 12.6 Å². The molecule has 3 aromatic rings. The van der Waals surface area contributed by atoms with Crippen molar-refractivity contribution in [3.63, 3.8) is 0 Å². The lowest BCUT2D eigenvalue weighted by Crippen LogP contribution is -2.00. The van der Waals surface area contributed by atoms with Gasteiger partial charge in [0.25, 0.3) is 0 Å². The number of thiol groups is 1. The number of thiophene rings is 1. The van der Waals surface area contributed by atoms with E-state index in [4.69, 9.17) is 9.63 Å². The van der Waals surface area contributed by atoms with Crippen molar-refractivity contribution in [3.05, 3.63) is 53.1 Å².